The van der Waals surface area contributed by atoms with Crippen LogP contribution in [0, 0.1) is 5.41 Å². The van der Waals surface area contributed by atoms with Crippen LogP contribution in [-0.2, 0) is 0 Å². The van der Waals surface area contributed by atoms with Crippen LogP contribution in [-0.4, -0.2) is 5.11 Å². The Balaban J connectivity index is 2.59. The van der Waals surface area contributed by atoms with Crippen molar-refractivity contribution in [1.29, 1.82) is 0 Å². The maximum absolute atomic E-state index is 10.2. The molecule has 1 aromatic rings. The summed E-state index contributed by atoms with van der Waals surface area (Å²) in [6.45, 7) is 6.65. The first-order valence-corrected chi connectivity index (χ1v) is 6.24. The van der Waals surface area contributed by atoms with Crippen LogP contribution in [0.25, 0.3) is 11.8 Å². The van der Waals surface area contributed by atoms with Crippen LogP contribution in [0.1, 0.15) is 33.6 Å². The van der Waals surface area contributed by atoms with E-state index < -0.39 is 0 Å². The van der Waals surface area contributed by atoms with Gasteiger partial charge in [0.05, 0.1) is 0 Å². The third kappa shape index (κ3) is 2.28. The highest BCUT2D eigenvalue weighted by atomic mass is 16.3. The summed E-state index contributed by atoms with van der Waals surface area (Å²) in [5, 5.41) is 12.3. The van der Waals surface area contributed by atoms with Crippen molar-refractivity contribution in [2.24, 2.45) is 5.41 Å². The Bertz CT molecular complexity index is 561. The Morgan fingerprint density at radius 1 is 1.24 bits per heavy atom. The van der Waals surface area contributed by atoms with Gasteiger partial charge in [-0.3, -0.25) is 0 Å². The van der Waals surface area contributed by atoms with Crippen LogP contribution < -0.4 is 10.4 Å². The highest BCUT2D eigenvalue weighted by molar-refractivity contribution is 5.55. The molecule has 0 amide bonds. The molecule has 1 heteroatoms. The molecule has 0 saturated heterocycles. The molecule has 1 aromatic carbocycles. The molecular formula is C16H20O. The zero-order valence-electron chi connectivity index (χ0n) is 10.8. The van der Waals surface area contributed by atoms with Crippen molar-refractivity contribution in [3.05, 3.63) is 46.4 Å². The first-order chi connectivity index (χ1) is 8.04. The van der Waals surface area contributed by atoms with Crippen LogP contribution in [0.4, 0.5) is 0 Å². The molecule has 0 bridgehead atoms. The first-order valence-electron chi connectivity index (χ1n) is 6.24. The van der Waals surface area contributed by atoms with Crippen LogP contribution in [0.2, 0.25) is 0 Å². The van der Waals surface area contributed by atoms with Gasteiger partial charge in [0.15, 0.2) is 0 Å². The van der Waals surface area contributed by atoms with Crippen molar-refractivity contribution < 1.29 is 5.11 Å². The summed E-state index contributed by atoms with van der Waals surface area (Å²) >= 11 is 0. The number of fused-ring (bicyclic) bond motifs is 1. The van der Waals surface area contributed by atoms with Gasteiger partial charge in [-0.25, -0.2) is 0 Å². The minimum absolute atomic E-state index is 0.145. The SMILES string of the molecule is CCC(C)(C)C1=CC(O)=c2ccccc2=CC1. The predicted molar refractivity (Wildman–Crippen MR) is 73.0 cm³/mol. The van der Waals surface area contributed by atoms with Crippen molar-refractivity contribution in [1.82, 2.24) is 0 Å². The lowest BCUT2D eigenvalue weighted by atomic mass is 9.80. The van der Waals surface area contributed by atoms with Crippen LogP contribution in [0.5, 0.6) is 0 Å². The average Bonchev–Trinajstić information content (AvgIpc) is 2.50. The summed E-state index contributed by atoms with van der Waals surface area (Å²) in [5.41, 5.74) is 1.45. The van der Waals surface area contributed by atoms with E-state index in [-0.39, 0.29) is 5.41 Å². The largest absolute Gasteiger partial charge is 0.507 e. The maximum atomic E-state index is 10.2. The van der Waals surface area contributed by atoms with E-state index in [1.807, 2.05) is 24.3 Å². The molecule has 0 fully saturated rings. The van der Waals surface area contributed by atoms with Crippen molar-refractivity contribution >= 4 is 11.8 Å². The number of rotatable bonds is 2. The molecule has 0 radical (unpaired) electrons. The second kappa shape index (κ2) is 4.40. The number of hydrogen-bond donors (Lipinski definition) is 1. The molecule has 1 nitrogen and oxygen atoms in total. The standard InChI is InChI=1S/C16H20O/c1-4-16(2,3)13-10-9-12-7-5-6-8-14(12)15(17)11-13/h5-9,11,17H,4,10H2,1-3H3. The molecule has 0 atom stereocenters. The number of allylic oxidation sites excluding steroid dienone is 1. The zero-order valence-corrected chi connectivity index (χ0v) is 10.8. The normalized spacial score (nSPS) is 15.7. The molecule has 0 saturated carbocycles. The minimum atomic E-state index is 0.145. The Kier molecular flexibility index (Phi) is 3.10. The number of hydrogen-bond acceptors (Lipinski definition) is 1. The third-order valence-corrected chi connectivity index (χ3v) is 3.84. The lowest BCUT2D eigenvalue weighted by molar-refractivity contribution is 0.421. The number of aliphatic hydroxyl groups is 1. The molecule has 90 valence electrons. The van der Waals surface area contributed by atoms with Gasteiger partial charge in [-0.05, 0) is 29.6 Å². The molecule has 0 heterocycles. The summed E-state index contributed by atoms with van der Waals surface area (Å²) in [6, 6.07) is 8.01. The van der Waals surface area contributed by atoms with Gasteiger partial charge in [0, 0.05) is 5.22 Å². The van der Waals surface area contributed by atoms with E-state index in [0.29, 0.717) is 5.76 Å². The second-order valence-electron chi connectivity index (χ2n) is 5.29. The monoisotopic (exact) mass is 228 g/mol. The Labute approximate surface area is 103 Å². The Morgan fingerprint density at radius 3 is 2.65 bits per heavy atom. The van der Waals surface area contributed by atoms with Crippen molar-refractivity contribution in [3.8, 4) is 0 Å². The van der Waals surface area contributed by atoms with E-state index in [1.54, 1.807) is 0 Å². The average molecular weight is 228 g/mol. The first kappa shape index (κ1) is 12.0. The minimum Gasteiger partial charge on any atom is -0.507 e. The fraction of sp³-hybridized carbons (Fsp3) is 0.375. The predicted octanol–water partition coefficient (Wildman–Crippen LogP) is 2.90. The van der Waals surface area contributed by atoms with Gasteiger partial charge in [0.25, 0.3) is 0 Å². The molecular weight excluding hydrogens is 208 g/mol. The number of benzene rings is 1. The van der Waals surface area contributed by atoms with Gasteiger partial charge >= 0.3 is 0 Å². The molecule has 17 heavy (non-hydrogen) atoms. The van der Waals surface area contributed by atoms with Gasteiger partial charge in [-0.2, -0.15) is 0 Å². The Morgan fingerprint density at radius 2 is 1.94 bits per heavy atom. The van der Waals surface area contributed by atoms with Gasteiger partial charge in [0.2, 0.25) is 0 Å². The molecule has 1 N–H and O–H groups in total. The topological polar surface area (TPSA) is 20.2 Å². The number of aliphatic hydroxyl groups excluding tert-OH is 1. The summed E-state index contributed by atoms with van der Waals surface area (Å²) in [7, 11) is 0. The summed E-state index contributed by atoms with van der Waals surface area (Å²) in [5.74, 6) is 0.394. The van der Waals surface area contributed by atoms with Gasteiger partial charge in [-0.15, -0.1) is 0 Å². The van der Waals surface area contributed by atoms with E-state index in [2.05, 4.69) is 32.9 Å². The van der Waals surface area contributed by atoms with Crippen molar-refractivity contribution in [3.63, 3.8) is 0 Å². The summed E-state index contributed by atoms with van der Waals surface area (Å²) < 4.78 is 0. The third-order valence-electron chi connectivity index (χ3n) is 3.84. The van der Waals surface area contributed by atoms with Crippen molar-refractivity contribution in [2.45, 2.75) is 33.6 Å². The lowest BCUT2D eigenvalue weighted by Crippen LogP contribution is -2.25. The molecule has 2 rings (SSSR count). The smallest absolute Gasteiger partial charge is 0.123 e. The molecule has 0 aromatic heterocycles. The van der Waals surface area contributed by atoms with Crippen LogP contribution in [0.15, 0.2) is 35.9 Å². The maximum Gasteiger partial charge on any atom is 0.123 e. The summed E-state index contributed by atoms with van der Waals surface area (Å²) in [6.07, 6.45) is 6.16. The molecule has 0 aliphatic heterocycles. The van der Waals surface area contributed by atoms with E-state index in [4.69, 9.17) is 0 Å². The summed E-state index contributed by atoms with van der Waals surface area (Å²) in [4.78, 5) is 0. The van der Waals surface area contributed by atoms with Gasteiger partial charge in [-0.1, -0.05) is 56.7 Å². The molecule has 0 unspecified atom stereocenters. The van der Waals surface area contributed by atoms with Crippen LogP contribution in [0.3, 0.4) is 0 Å². The highest BCUT2D eigenvalue weighted by Crippen LogP contribution is 2.33. The molecule has 0 spiro atoms. The molecule has 1 aliphatic rings. The quantitative estimate of drug-likeness (QED) is 0.825. The molecule has 1 aliphatic carbocycles. The second-order valence-corrected chi connectivity index (χ2v) is 5.29. The van der Waals surface area contributed by atoms with Crippen LogP contribution >= 0.6 is 0 Å². The van der Waals surface area contributed by atoms with E-state index in [1.165, 1.54) is 5.57 Å². The fourth-order valence-electron chi connectivity index (χ4n) is 2.13. The Hall–Kier alpha value is -1.50. The van der Waals surface area contributed by atoms with Crippen molar-refractivity contribution in [2.75, 3.05) is 0 Å². The van der Waals surface area contributed by atoms with Gasteiger partial charge < -0.3 is 5.11 Å². The lowest BCUT2D eigenvalue weighted by Gasteiger charge is -2.25. The van der Waals surface area contributed by atoms with Gasteiger partial charge in [0.1, 0.15) is 5.76 Å². The van der Waals surface area contributed by atoms with E-state index in [9.17, 15) is 5.11 Å². The highest BCUT2D eigenvalue weighted by Gasteiger charge is 2.21. The fourth-order valence-corrected chi connectivity index (χ4v) is 2.13. The van der Waals surface area contributed by atoms with E-state index >= 15 is 0 Å². The van der Waals surface area contributed by atoms with E-state index in [0.717, 1.165) is 23.3 Å². The zero-order chi connectivity index (χ0) is 12.5.